The number of carbonyl (C=O) groups is 1. The summed E-state index contributed by atoms with van der Waals surface area (Å²) < 4.78 is 87.2. The average Bonchev–Trinajstić information content (AvgIpc) is 2.82. The molecule has 3 rings (SSSR count). The third-order valence-electron chi connectivity index (χ3n) is 5.03. The van der Waals surface area contributed by atoms with E-state index in [0.717, 1.165) is 31.4 Å². The topological polar surface area (TPSA) is 125 Å². The number of nitrogens with zero attached hydrogens (tertiary/aromatic N) is 2. The summed E-state index contributed by atoms with van der Waals surface area (Å²) in [6.45, 7) is 0. The molecule has 0 bridgehead atoms. The summed E-state index contributed by atoms with van der Waals surface area (Å²) in [5.41, 5.74) is -7.20. The van der Waals surface area contributed by atoms with E-state index in [9.17, 15) is 51.4 Å². The highest BCUT2D eigenvalue weighted by molar-refractivity contribution is 6.06. The smallest absolute Gasteiger partial charge is 0.417 e. The lowest BCUT2D eigenvalue weighted by molar-refractivity contribution is -0.385. The fraction of sp³-hybridized carbons (Fsp3) is 0.136. The van der Waals surface area contributed by atoms with Crippen LogP contribution in [-0.4, -0.2) is 22.9 Å². The van der Waals surface area contributed by atoms with Crippen molar-refractivity contribution in [3.05, 3.63) is 91.5 Å². The molecule has 3 aromatic carbocycles. The molecule has 0 aliphatic rings. The molecule has 194 valence electrons. The maximum atomic E-state index is 13.9. The van der Waals surface area contributed by atoms with Crippen LogP contribution in [0.3, 0.4) is 0 Å². The number of hydrogen-bond donors (Lipinski definition) is 1. The predicted octanol–water partition coefficient (Wildman–Crippen LogP) is 6.47. The Kier molecular flexibility index (Phi) is 7.09. The van der Waals surface area contributed by atoms with Crippen LogP contribution in [-0.2, 0) is 12.4 Å². The molecule has 0 atom stereocenters. The largest absolute Gasteiger partial charge is 0.496 e. The molecule has 0 spiro atoms. The van der Waals surface area contributed by atoms with Gasteiger partial charge < -0.3 is 10.1 Å². The summed E-state index contributed by atoms with van der Waals surface area (Å²) in [5.74, 6) is -1.26. The van der Waals surface area contributed by atoms with Crippen LogP contribution in [0.15, 0.2) is 54.6 Å². The number of hydrogen-bond acceptors (Lipinski definition) is 6. The van der Waals surface area contributed by atoms with Crippen molar-refractivity contribution in [2.45, 2.75) is 12.4 Å². The van der Waals surface area contributed by atoms with Gasteiger partial charge in [-0.25, -0.2) is 0 Å². The number of non-ortho nitro benzene ring substituents is 2. The standard InChI is InChI=1S/C22H13F6N3O6/c1-37-19-10-13(31(35)36)4-7-16(19)20(32)29-11-2-5-14(17(8-11)21(23,24)25)15-6-3-12(30(33)34)9-18(15)22(26,27)28/h2-10H,1H3,(H,29,32). The summed E-state index contributed by atoms with van der Waals surface area (Å²) in [6, 6.07) is 6.22. The van der Waals surface area contributed by atoms with E-state index in [4.69, 9.17) is 4.74 Å². The van der Waals surface area contributed by atoms with Crippen molar-refractivity contribution in [3.8, 4) is 16.9 Å². The lowest BCUT2D eigenvalue weighted by atomic mass is 9.93. The Morgan fingerprint density at radius 2 is 1.27 bits per heavy atom. The van der Waals surface area contributed by atoms with Gasteiger partial charge in [0.05, 0.1) is 39.7 Å². The molecule has 0 fully saturated rings. The Bertz CT molecular complexity index is 1400. The molecule has 1 amide bonds. The maximum Gasteiger partial charge on any atom is 0.417 e. The molecular formula is C22H13F6N3O6. The van der Waals surface area contributed by atoms with Crippen LogP contribution in [0.25, 0.3) is 11.1 Å². The van der Waals surface area contributed by atoms with Gasteiger partial charge in [0.2, 0.25) is 0 Å². The maximum absolute atomic E-state index is 13.9. The van der Waals surface area contributed by atoms with E-state index in [2.05, 4.69) is 5.32 Å². The first-order chi connectivity index (χ1) is 17.1. The van der Waals surface area contributed by atoms with Gasteiger partial charge >= 0.3 is 12.4 Å². The molecule has 0 radical (unpaired) electrons. The van der Waals surface area contributed by atoms with E-state index in [1.807, 2.05) is 0 Å². The summed E-state index contributed by atoms with van der Waals surface area (Å²) in [6.07, 6.45) is -10.4. The molecule has 0 aliphatic heterocycles. The SMILES string of the molecule is COc1cc([N+](=O)[O-])ccc1C(=O)Nc1ccc(-c2ccc([N+](=O)[O-])cc2C(F)(F)F)c(C(F)(F)F)c1. The minimum absolute atomic E-state index is 0.131. The Balaban J connectivity index is 2.09. The van der Waals surface area contributed by atoms with Crippen LogP contribution >= 0.6 is 0 Å². The first-order valence-corrected chi connectivity index (χ1v) is 9.84. The molecule has 3 aromatic rings. The predicted molar refractivity (Wildman–Crippen MR) is 116 cm³/mol. The number of nitrogens with one attached hydrogen (secondary N) is 1. The molecule has 0 aliphatic carbocycles. The van der Waals surface area contributed by atoms with Crippen LogP contribution in [0.4, 0.5) is 43.4 Å². The van der Waals surface area contributed by atoms with E-state index in [-0.39, 0.29) is 17.4 Å². The van der Waals surface area contributed by atoms with Gasteiger partial charge in [0.15, 0.2) is 0 Å². The monoisotopic (exact) mass is 529 g/mol. The average molecular weight is 529 g/mol. The fourth-order valence-electron chi connectivity index (χ4n) is 3.39. The number of amides is 1. The van der Waals surface area contributed by atoms with Crippen molar-refractivity contribution >= 4 is 23.0 Å². The molecule has 37 heavy (non-hydrogen) atoms. The van der Waals surface area contributed by atoms with E-state index >= 15 is 0 Å². The normalized spacial score (nSPS) is 11.6. The number of halogens is 6. The van der Waals surface area contributed by atoms with Gasteiger partial charge in [-0.15, -0.1) is 0 Å². The summed E-state index contributed by atoms with van der Waals surface area (Å²) in [7, 11) is 1.11. The highest BCUT2D eigenvalue weighted by Gasteiger charge is 2.39. The molecule has 0 aromatic heterocycles. The first kappa shape index (κ1) is 26.9. The molecular weight excluding hydrogens is 516 g/mol. The molecule has 1 N–H and O–H groups in total. The van der Waals surface area contributed by atoms with Crippen LogP contribution in [0, 0.1) is 20.2 Å². The van der Waals surface area contributed by atoms with Gasteiger partial charge in [0.25, 0.3) is 17.3 Å². The van der Waals surface area contributed by atoms with E-state index < -0.39 is 67.4 Å². The third-order valence-corrected chi connectivity index (χ3v) is 5.03. The van der Waals surface area contributed by atoms with Crippen molar-refractivity contribution in [1.82, 2.24) is 0 Å². The Morgan fingerprint density at radius 3 is 1.78 bits per heavy atom. The number of rotatable bonds is 6. The number of methoxy groups -OCH3 is 1. The van der Waals surface area contributed by atoms with Crippen molar-refractivity contribution < 1.29 is 45.7 Å². The number of ether oxygens (including phenoxy) is 1. The quantitative estimate of drug-likeness (QED) is 0.222. The van der Waals surface area contributed by atoms with Crippen LogP contribution in [0.2, 0.25) is 0 Å². The lowest BCUT2D eigenvalue weighted by Gasteiger charge is -2.19. The molecule has 0 heterocycles. The number of nitro groups is 2. The van der Waals surface area contributed by atoms with Gasteiger partial charge in [-0.05, 0) is 35.4 Å². The second kappa shape index (κ2) is 9.75. The van der Waals surface area contributed by atoms with Crippen LogP contribution in [0.5, 0.6) is 5.75 Å². The third kappa shape index (κ3) is 5.76. The fourth-order valence-corrected chi connectivity index (χ4v) is 3.39. The minimum Gasteiger partial charge on any atom is -0.496 e. The van der Waals surface area contributed by atoms with Gasteiger partial charge in [-0.2, -0.15) is 26.3 Å². The Hall–Kier alpha value is -4.69. The van der Waals surface area contributed by atoms with Crippen molar-refractivity contribution in [3.63, 3.8) is 0 Å². The molecule has 15 heteroatoms. The molecule has 0 saturated carbocycles. The highest BCUT2D eigenvalue weighted by Crippen LogP contribution is 2.44. The summed E-state index contributed by atoms with van der Waals surface area (Å²) in [4.78, 5) is 32.5. The van der Waals surface area contributed by atoms with Crippen molar-refractivity contribution in [1.29, 1.82) is 0 Å². The zero-order valence-electron chi connectivity index (χ0n) is 18.3. The zero-order chi connectivity index (χ0) is 27.7. The van der Waals surface area contributed by atoms with Crippen LogP contribution in [0.1, 0.15) is 21.5 Å². The summed E-state index contributed by atoms with van der Waals surface area (Å²) >= 11 is 0. The second-order valence-electron chi connectivity index (χ2n) is 7.34. The Labute approximate surface area is 202 Å². The zero-order valence-corrected chi connectivity index (χ0v) is 18.3. The number of alkyl halides is 6. The van der Waals surface area contributed by atoms with Crippen LogP contribution < -0.4 is 10.1 Å². The summed E-state index contributed by atoms with van der Waals surface area (Å²) in [5, 5.41) is 23.9. The molecule has 9 nitrogen and oxygen atoms in total. The van der Waals surface area contributed by atoms with Gasteiger partial charge in [-0.1, -0.05) is 6.07 Å². The number of benzene rings is 3. The lowest BCUT2D eigenvalue weighted by Crippen LogP contribution is -2.15. The van der Waals surface area contributed by atoms with Gasteiger partial charge in [0, 0.05) is 23.9 Å². The van der Waals surface area contributed by atoms with Crippen molar-refractivity contribution in [2.75, 3.05) is 12.4 Å². The number of nitro benzene ring substituents is 2. The Morgan fingerprint density at radius 1 is 0.784 bits per heavy atom. The van der Waals surface area contributed by atoms with Gasteiger partial charge in [0.1, 0.15) is 5.75 Å². The second-order valence-corrected chi connectivity index (χ2v) is 7.34. The molecule has 0 saturated heterocycles. The minimum atomic E-state index is -5.22. The van der Waals surface area contributed by atoms with E-state index in [0.29, 0.717) is 24.3 Å². The molecule has 0 unspecified atom stereocenters. The van der Waals surface area contributed by atoms with Gasteiger partial charge in [-0.3, -0.25) is 25.0 Å². The number of anilines is 1. The highest BCUT2D eigenvalue weighted by atomic mass is 19.4. The number of carbonyl (C=O) groups excluding carboxylic acids is 1. The van der Waals surface area contributed by atoms with E-state index in [1.165, 1.54) is 0 Å². The van der Waals surface area contributed by atoms with E-state index in [1.54, 1.807) is 0 Å². The van der Waals surface area contributed by atoms with Crippen molar-refractivity contribution in [2.24, 2.45) is 0 Å². The first-order valence-electron chi connectivity index (χ1n) is 9.84.